The standard InChI is InChI=1S/C28H35ClFN5O/c1-20-16-22(29)17-33-25(20)18-35(15-6-5-14-34(4)27(31)36)19-26-24(8-7-13-32-26)28(2,3)21-9-11-23(30)12-10-21/h7-13,16-17H,5-6,14-15,18-19H2,1-4H3,(H2,31,36). The first kappa shape index (κ1) is 27.6. The number of amides is 2. The average Bonchev–Trinajstić information content (AvgIpc) is 2.83. The Bertz CT molecular complexity index is 1170. The molecule has 0 bridgehead atoms. The number of hydrogen-bond acceptors (Lipinski definition) is 4. The van der Waals surface area contributed by atoms with Gasteiger partial charge in [-0.25, -0.2) is 9.18 Å². The van der Waals surface area contributed by atoms with Crippen LogP contribution in [-0.2, 0) is 18.5 Å². The Morgan fingerprint density at radius 2 is 1.72 bits per heavy atom. The Morgan fingerprint density at radius 1 is 1.06 bits per heavy atom. The molecule has 0 saturated carbocycles. The van der Waals surface area contributed by atoms with E-state index in [1.807, 2.05) is 37.4 Å². The fourth-order valence-corrected chi connectivity index (χ4v) is 4.53. The van der Waals surface area contributed by atoms with Gasteiger partial charge in [0.1, 0.15) is 5.82 Å². The van der Waals surface area contributed by atoms with Crippen molar-refractivity contribution in [3.63, 3.8) is 0 Å². The molecule has 0 radical (unpaired) electrons. The summed E-state index contributed by atoms with van der Waals surface area (Å²) in [5.74, 6) is -0.250. The van der Waals surface area contributed by atoms with Crippen LogP contribution in [0, 0.1) is 12.7 Å². The van der Waals surface area contributed by atoms with E-state index in [0.717, 1.165) is 47.5 Å². The molecule has 0 saturated heterocycles. The van der Waals surface area contributed by atoms with Gasteiger partial charge in [-0.05, 0) is 67.3 Å². The fraction of sp³-hybridized carbons (Fsp3) is 0.393. The SMILES string of the molecule is Cc1cc(Cl)cnc1CN(CCCCN(C)C(N)=O)Cc1ncccc1C(C)(C)c1ccc(F)cc1. The van der Waals surface area contributed by atoms with Crippen LogP contribution in [0.15, 0.2) is 54.9 Å². The Morgan fingerprint density at radius 3 is 2.39 bits per heavy atom. The van der Waals surface area contributed by atoms with Crippen LogP contribution < -0.4 is 5.73 Å². The van der Waals surface area contributed by atoms with Crippen LogP contribution in [0.4, 0.5) is 9.18 Å². The Hall–Kier alpha value is -3.03. The number of benzene rings is 1. The van der Waals surface area contributed by atoms with Gasteiger partial charge in [-0.3, -0.25) is 14.9 Å². The molecule has 2 heterocycles. The van der Waals surface area contributed by atoms with Gasteiger partial charge in [0.15, 0.2) is 0 Å². The van der Waals surface area contributed by atoms with Crippen LogP contribution >= 0.6 is 11.6 Å². The molecule has 36 heavy (non-hydrogen) atoms. The summed E-state index contributed by atoms with van der Waals surface area (Å²) >= 11 is 6.13. The second-order valence-corrected chi connectivity index (χ2v) is 10.2. The monoisotopic (exact) mass is 511 g/mol. The van der Waals surface area contributed by atoms with Crippen molar-refractivity contribution in [2.45, 2.75) is 52.1 Å². The highest BCUT2D eigenvalue weighted by molar-refractivity contribution is 6.30. The minimum absolute atomic E-state index is 0.250. The van der Waals surface area contributed by atoms with Gasteiger partial charge in [-0.2, -0.15) is 0 Å². The predicted molar refractivity (Wildman–Crippen MR) is 142 cm³/mol. The molecule has 0 aliphatic heterocycles. The molecule has 0 aliphatic carbocycles. The summed E-state index contributed by atoms with van der Waals surface area (Å²) in [7, 11) is 1.71. The number of urea groups is 1. The van der Waals surface area contributed by atoms with Gasteiger partial charge in [-0.15, -0.1) is 0 Å². The lowest BCUT2D eigenvalue weighted by molar-refractivity contribution is 0.213. The summed E-state index contributed by atoms with van der Waals surface area (Å²) in [6, 6.07) is 12.2. The predicted octanol–water partition coefficient (Wildman–Crippen LogP) is 5.70. The van der Waals surface area contributed by atoms with Gasteiger partial charge in [0.2, 0.25) is 0 Å². The molecule has 1 aromatic carbocycles. The number of unbranched alkanes of at least 4 members (excludes halogenated alkanes) is 1. The van der Waals surface area contributed by atoms with E-state index in [9.17, 15) is 9.18 Å². The average molecular weight is 512 g/mol. The summed E-state index contributed by atoms with van der Waals surface area (Å²) < 4.78 is 13.6. The number of aryl methyl sites for hydroxylation is 1. The Labute approximate surface area is 218 Å². The molecule has 2 aromatic heterocycles. The number of rotatable bonds is 11. The van der Waals surface area contributed by atoms with Crippen molar-refractivity contribution in [3.05, 3.63) is 93.8 Å². The third kappa shape index (κ3) is 7.24. The number of halogens is 2. The third-order valence-electron chi connectivity index (χ3n) is 6.62. The Kier molecular flexibility index (Phi) is 9.40. The lowest BCUT2D eigenvalue weighted by atomic mass is 9.77. The lowest BCUT2D eigenvalue weighted by Crippen LogP contribution is -2.33. The van der Waals surface area contributed by atoms with Crippen LogP contribution in [0.3, 0.4) is 0 Å². The number of hydrogen-bond donors (Lipinski definition) is 1. The summed E-state index contributed by atoms with van der Waals surface area (Å²) in [6.45, 7) is 8.94. The minimum Gasteiger partial charge on any atom is -0.351 e. The van der Waals surface area contributed by atoms with Crippen LogP contribution in [0.2, 0.25) is 5.02 Å². The summed E-state index contributed by atoms with van der Waals surface area (Å²) in [5.41, 5.74) is 10.1. The Balaban J connectivity index is 1.84. The van der Waals surface area contributed by atoms with Gasteiger partial charge in [-0.1, -0.05) is 43.6 Å². The highest BCUT2D eigenvalue weighted by Crippen LogP contribution is 2.33. The molecule has 8 heteroatoms. The lowest BCUT2D eigenvalue weighted by Gasteiger charge is -2.30. The molecule has 0 spiro atoms. The first-order valence-electron chi connectivity index (χ1n) is 12.1. The molecule has 0 unspecified atom stereocenters. The van der Waals surface area contributed by atoms with Crippen molar-refractivity contribution in [3.8, 4) is 0 Å². The number of carbonyl (C=O) groups is 1. The van der Waals surface area contributed by atoms with E-state index in [2.05, 4.69) is 29.8 Å². The largest absolute Gasteiger partial charge is 0.351 e. The van der Waals surface area contributed by atoms with E-state index in [4.69, 9.17) is 22.3 Å². The summed E-state index contributed by atoms with van der Waals surface area (Å²) in [5, 5.41) is 0.616. The first-order chi connectivity index (χ1) is 17.1. The summed E-state index contributed by atoms with van der Waals surface area (Å²) in [6.07, 6.45) is 5.20. The maximum absolute atomic E-state index is 13.6. The first-order valence-corrected chi connectivity index (χ1v) is 12.5. The molecule has 2 amide bonds. The van der Waals surface area contributed by atoms with E-state index >= 15 is 0 Å². The smallest absolute Gasteiger partial charge is 0.314 e. The van der Waals surface area contributed by atoms with E-state index in [1.54, 1.807) is 13.2 Å². The van der Waals surface area contributed by atoms with E-state index in [0.29, 0.717) is 24.7 Å². The molecule has 6 nitrogen and oxygen atoms in total. The molecular formula is C28H35ClFN5O. The number of nitrogens with zero attached hydrogens (tertiary/aromatic N) is 4. The minimum atomic E-state index is -0.422. The van der Waals surface area contributed by atoms with Crippen LogP contribution in [0.25, 0.3) is 0 Å². The van der Waals surface area contributed by atoms with Crippen molar-refractivity contribution in [1.29, 1.82) is 0 Å². The third-order valence-corrected chi connectivity index (χ3v) is 6.83. The molecule has 3 rings (SSSR count). The highest BCUT2D eigenvalue weighted by atomic mass is 35.5. The zero-order valence-electron chi connectivity index (χ0n) is 21.5. The number of nitrogens with two attached hydrogens (primary N) is 1. The molecule has 3 aromatic rings. The molecule has 2 N–H and O–H groups in total. The normalized spacial score (nSPS) is 11.6. The number of aromatic nitrogens is 2. The number of primary amides is 1. The zero-order valence-corrected chi connectivity index (χ0v) is 22.2. The number of pyridine rings is 2. The van der Waals surface area contributed by atoms with Crippen LogP contribution in [0.1, 0.15) is 54.8 Å². The maximum atomic E-state index is 13.6. The van der Waals surface area contributed by atoms with E-state index in [1.165, 1.54) is 17.0 Å². The second kappa shape index (κ2) is 12.3. The van der Waals surface area contributed by atoms with Gasteiger partial charge >= 0.3 is 6.03 Å². The van der Waals surface area contributed by atoms with E-state index < -0.39 is 6.03 Å². The van der Waals surface area contributed by atoms with Crippen molar-refractivity contribution >= 4 is 17.6 Å². The van der Waals surface area contributed by atoms with Crippen molar-refractivity contribution in [2.24, 2.45) is 5.73 Å². The topological polar surface area (TPSA) is 75.3 Å². The second-order valence-electron chi connectivity index (χ2n) is 9.72. The zero-order chi connectivity index (χ0) is 26.3. The van der Waals surface area contributed by atoms with E-state index in [-0.39, 0.29) is 11.2 Å². The number of carbonyl (C=O) groups excluding carboxylic acids is 1. The quantitative estimate of drug-likeness (QED) is 0.335. The van der Waals surface area contributed by atoms with Gasteiger partial charge in [0.05, 0.1) is 16.4 Å². The van der Waals surface area contributed by atoms with Gasteiger partial charge < -0.3 is 10.6 Å². The van der Waals surface area contributed by atoms with Gasteiger partial charge in [0, 0.05) is 44.5 Å². The van der Waals surface area contributed by atoms with Crippen LogP contribution in [0.5, 0.6) is 0 Å². The van der Waals surface area contributed by atoms with Crippen LogP contribution in [-0.4, -0.2) is 45.9 Å². The molecule has 0 aliphatic rings. The molecule has 0 atom stereocenters. The van der Waals surface area contributed by atoms with Gasteiger partial charge in [0.25, 0.3) is 0 Å². The fourth-order valence-electron chi connectivity index (χ4n) is 4.32. The molecular weight excluding hydrogens is 477 g/mol. The highest BCUT2D eigenvalue weighted by Gasteiger charge is 2.27. The molecule has 192 valence electrons. The maximum Gasteiger partial charge on any atom is 0.314 e. The van der Waals surface area contributed by atoms with Crippen molar-refractivity contribution in [2.75, 3.05) is 20.1 Å². The summed E-state index contributed by atoms with van der Waals surface area (Å²) in [4.78, 5) is 24.5. The van der Waals surface area contributed by atoms with Crippen molar-refractivity contribution < 1.29 is 9.18 Å². The van der Waals surface area contributed by atoms with Crippen molar-refractivity contribution in [1.82, 2.24) is 19.8 Å². The molecule has 0 fully saturated rings.